The van der Waals surface area contributed by atoms with Gasteiger partial charge in [-0.2, -0.15) is 0 Å². The second-order valence-electron chi connectivity index (χ2n) is 9.84. The van der Waals surface area contributed by atoms with Crippen molar-refractivity contribution < 1.29 is 18.8 Å². The van der Waals surface area contributed by atoms with Crippen LogP contribution in [0.5, 0.6) is 0 Å². The predicted molar refractivity (Wildman–Crippen MR) is 113 cm³/mol. The van der Waals surface area contributed by atoms with E-state index in [1.54, 1.807) is 12.3 Å². The van der Waals surface area contributed by atoms with Gasteiger partial charge in [0.25, 0.3) is 5.91 Å². The van der Waals surface area contributed by atoms with E-state index in [0.29, 0.717) is 25.3 Å². The third-order valence-corrected chi connectivity index (χ3v) is 6.60. The van der Waals surface area contributed by atoms with E-state index in [-0.39, 0.29) is 29.8 Å². The van der Waals surface area contributed by atoms with Gasteiger partial charge in [0.2, 0.25) is 5.91 Å². The Labute approximate surface area is 178 Å². The van der Waals surface area contributed by atoms with Crippen LogP contribution in [-0.4, -0.2) is 60.4 Å². The molecule has 0 aromatic carbocycles. The summed E-state index contributed by atoms with van der Waals surface area (Å²) in [5, 5.41) is 5.71. The number of carbonyl (C=O) groups excluding carboxylic acids is 3. The van der Waals surface area contributed by atoms with E-state index in [0.717, 1.165) is 23.5 Å². The molecule has 1 aromatic heterocycles. The number of imide groups is 1. The summed E-state index contributed by atoms with van der Waals surface area (Å²) in [6.07, 6.45) is 4.62. The van der Waals surface area contributed by atoms with Crippen LogP contribution in [0.3, 0.4) is 0 Å². The zero-order valence-corrected chi connectivity index (χ0v) is 18.7. The lowest BCUT2D eigenvalue weighted by Crippen LogP contribution is -2.51. The monoisotopic (exact) mass is 418 g/mol. The van der Waals surface area contributed by atoms with Crippen molar-refractivity contribution in [2.45, 2.75) is 58.0 Å². The highest BCUT2D eigenvalue weighted by Crippen LogP contribution is 2.43. The molecule has 1 spiro atoms. The maximum Gasteiger partial charge on any atom is 0.325 e. The lowest BCUT2D eigenvalue weighted by molar-refractivity contribution is -0.136. The number of likely N-dealkylation sites (N-methyl/N-ethyl adjacent to an activating group) is 1. The first-order valence-electron chi connectivity index (χ1n) is 10.6. The minimum absolute atomic E-state index is 0.133. The largest absolute Gasteiger partial charge is 0.468 e. The second-order valence-corrected chi connectivity index (χ2v) is 9.84. The van der Waals surface area contributed by atoms with Gasteiger partial charge >= 0.3 is 6.03 Å². The smallest absolute Gasteiger partial charge is 0.325 e. The number of furan rings is 1. The molecule has 0 radical (unpaired) electrons. The van der Waals surface area contributed by atoms with E-state index < -0.39 is 11.6 Å². The van der Waals surface area contributed by atoms with Crippen LogP contribution in [0.15, 0.2) is 22.8 Å². The average molecular weight is 419 g/mol. The molecule has 0 bridgehead atoms. The molecule has 1 unspecified atom stereocenters. The molecule has 8 heteroatoms. The van der Waals surface area contributed by atoms with Crippen LogP contribution in [0.25, 0.3) is 0 Å². The van der Waals surface area contributed by atoms with E-state index in [1.165, 1.54) is 0 Å². The van der Waals surface area contributed by atoms with Crippen LogP contribution in [0.4, 0.5) is 4.79 Å². The average Bonchev–Trinajstić information content (AvgIpc) is 3.25. The zero-order chi connectivity index (χ0) is 22.1. The molecule has 1 saturated heterocycles. The van der Waals surface area contributed by atoms with Gasteiger partial charge in [0.1, 0.15) is 17.8 Å². The molecule has 1 aromatic rings. The number of nitrogens with zero attached hydrogens (tertiary/aromatic N) is 2. The molecule has 2 heterocycles. The van der Waals surface area contributed by atoms with E-state index in [4.69, 9.17) is 4.42 Å². The molecule has 2 aliphatic rings. The molecular formula is C22H34N4O4. The Morgan fingerprint density at radius 1 is 1.33 bits per heavy atom. The van der Waals surface area contributed by atoms with Gasteiger partial charge in [-0.25, -0.2) is 4.79 Å². The third kappa shape index (κ3) is 4.53. The van der Waals surface area contributed by atoms with Gasteiger partial charge < -0.3 is 15.1 Å². The summed E-state index contributed by atoms with van der Waals surface area (Å²) in [7, 11) is 3.79. The van der Waals surface area contributed by atoms with Crippen molar-refractivity contribution in [3.8, 4) is 0 Å². The Hall–Kier alpha value is -2.35. The molecule has 2 fully saturated rings. The summed E-state index contributed by atoms with van der Waals surface area (Å²) in [6, 6.07) is 3.05. The van der Waals surface area contributed by atoms with E-state index in [9.17, 15) is 14.4 Å². The molecule has 30 heavy (non-hydrogen) atoms. The minimum atomic E-state index is -0.848. The number of hydrogen-bond acceptors (Lipinski definition) is 5. The van der Waals surface area contributed by atoms with Gasteiger partial charge in [-0.05, 0) is 63.2 Å². The van der Waals surface area contributed by atoms with E-state index in [1.807, 2.05) is 25.1 Å². The quantitative estimate of drug-likeness (QED) is 0.692. The van der Waals surface area contributed by atoms with Crippen molar-refractivity contribution in [1.82, 2.24) is 20.4 Å². The van der Waals surface area contributed by atoms with Crippen LogP contribution in [-0.2, 0) is 9.59 Å². The van der Waals surface area contributed by atoms with Gasteiger partial charge in [-0.3, -0.25) is 19.4 Å². The normalized spacial score (nSPS) is 25.7. The highest BCUT2D eigenvalue weighted by atomic mass is 16.3. The van der Waals surface area contributed by atoms with Crippen molar-refractivity contribution in [2.24, 2.45) is 11.3 Å². The maximum absolute atomic E-state index is 13.1. The number of hydrogen-bond donors (Lipinski definition) is 2. The Kier molecular flexibility index (Phi) is 6.26. The molecule has 2 N–H and O–H groups in total. The Morgan fingerprint density at radius 2 is 2.00 bits per heavy atom. The lowest BCUT2D eigenvalue weighted by atomic mass is 9.67. The molecule has 1 aliphatic heterocycles. The molecular weight excluding hydrogens is 384 g/mol. The van der Waals surface area contributed by atoms with E-state index in [2.05, 4.69) is 31.4 Å². The van der Waals surface area contributed by atoms with Crippen LogP contribution in [0.2, 0.25) is 0 Å². The highest BCUT2D eigenvalue weighted by molar-refractivity contribution is 6.09. The summed E-state index contributed by atoms with van der Waals surface area (Å²) in [4.78, 5) is 41.1. The number of amides is 4. The standard InChI is InChI=1S/C22H34N4O4/c1-21(2,3)15-8-10-22(11-9-15)19(28)26(20(29)24-22)14-18(27)23-13-16(25(4)5)17-7-6-12-30-17/h6-7,12,15-16H,8-11,13-14H2,1-5H3,(H,23,27)(H,24,29). The molecule has 3 rings (SSSR count). The van der Waals surface area contributed by atoms with Gasteiger partial charge in [0.15, 0.2) is 0 Å². The highest BCUT2D eigenvalue weighted by Gasteiger charge is 2.53. The fourth-order valence-electron chi connectivity index (χ4n) is 4.56. The van der Waals surface area contributed by atoms with Gasteiger partial charge in [0, 0.05) is 6.54 Å². The molecule has 4 amide bonds. The Morgan fingerprint density at radius 3 is 2.53 bits per heavy atom. The number of carbonyl (C=O) groups is 3. The van der Waals surface area contributed by atoms with Crippen LogP contribution in [0, 0.1) is 11.3 Å². The topological polar surface area (TPSA) is 94.9 Å². The number of urea groups is 1. The van der Waals surface area contributed by atoms with Crippen molar-refractivity contribution in [3.63, 3.8) is 0 Å². The fraction of sp³-hybridized carbons (Fsp3) is 0.682. The Bertz CT molecular complexity index is 774. The molecule has 8 nitrogen and oxygen atoms in total. The van der Waals surface area contributed by atoms with Crippen molar-refractivity contribution >= 4 is 17.8 Å². The Balaban J connectivity index is 1.57. The van der Waals surface area contributed by atoms with E-state index >= 15 is 0 Å². The molecule has 1 atom stereocenters. The van der Waals surface area contributed by atoms with Crippen molar-refractivity contribution in [3.05, 3.63) is 24.2 Å². The first-order valence-corrected chi connectivity index (χ1v) is 10.6. The zero-order valence-electron chi connectivity index (χ0n) is 18.7. The molecule has 1 aliphatic carbocycles. The maximum atomic E-state index is 13.1. The van der Waals surface area contributed by atoms with Crippen LogP contribution < -0.4 is 10.6 Å². The van der Waals surface area contributed by atoms with Gasteiger partial charge in [0.05, 0.1) is 12.3 Å². The fourth-order valence-corrected chi connectivity index (χ4v) is 4.56. The van der Waals surface area contributed by atoms with Crippen LogP contribution >= 0.6 is 0 Å². The summed E-state index contributed by atoms with van der Waals surface area (Å²) >= 11 is 0. The third-order valence-electron chi connectivity index (χ3n) is 6.60. The van der Waals surface area contributed by atoms with Crippen molar-refractivity contribution in [2.75, 3.05) is 27.2 Å². The summed E-state index contributed by atoms with van der Waals surface area (Å²) in [5.41, 5.74) is -0.663. The van der Waals surface area contributed by atoms with Gasteiger partial charge in [-0.1, -0.05) is 20.8 Å². The SMILES string of the molecule is CN(C)C(CNC(=O)CN1C(=O)NC2(CCC(C(C)(C)C)CC2)C1=O)c1ccco1. The first kappa shape index (κ1) is 22.3. The second kappa shape index (κ2) is 8.41. The van der Waals surface area contributed by atoms with Gasteiger partial charge in [-0.15, -0.1) is 0 Å². The number of nitrogens with one attached hydrogen (secondary N) is 2. The number of rotatable bonds is 6. The molecule has 166 valence electrons. The molecule has 1 saturated carbocycles. The summed E-state index contributed by atoms with van der Waals surface area (Å²) in [5.74, 6) is 0.627. The van der Waals surface area contributed by atoms with Crippen molar-refractivity contribution in [1.29, 1.82) is 0 Å². The van der Waals surface area contributed by atoms with Crippen LogP contribution in [0.1, 0.15) is 58.3 Å². The minimum Gasteiger partial charge on any atom is -0.468 e. The predicted octanol–water partition coefficient (Wildman–Crippen LogP) is 2.53. The lowest BCUT2D eigenvalue weighted by Gasteiger charge is -2.40. The summed E-state index contributed by atoms with van der Waals surface area (Å²) < 4.78 is 5.44. The first-order chi connectivity index (χ1) is 14.0. The summed E-state index contributed by atoms with van der Waals surface area (Å²) in [6.45, 7) is 6.69.